The SMILES string of the molecule is CCOCC(=O)N1C[C@@H](C)C[C@@H]1c1ccccc1F. The Morgan fingerprint density at radius 1 is 1.47 bits per heavy atom. The van der Waals surface area contributed by atoms with Crippen LogP contribution in [0.1, 0.15) is 31.9 Å². The van der Waals surface area contributed by atoms with Crippen molar-refractivity contribution < 1.29 is 13.9 Å². The third-order valence-corrected chi connectivity index (χ3v) is 3.52. The largest absolute Gasteiger partial charge is 0.372 e. The minimum atomic E-state index is -0.240. The molecule has 1 aromatic rings. The average Bonchev–Trinajstić information content (AvgIpc) is 2.78. The van der Waals surface area contributed by atoms with E-state index in [-0.39, 0.29) is 24.4 Å². The molecule has 4 heteroatoms. The minimum Gasteiger partial charge on any atom is -0.372 e. The van der Waals surface area contributed by atoms with Crippen molar-refractivity contribution in [1.82, 2.24) is 4.90 Å². The van der Waals surface area contributed by atoms with Crippen LogP contribution in [0.25, 0.3) is 0 Å². The lowest BCUT2D eigenvalue weighted by molar-refractivity contribution is -0.137. The Morgan fingerprint density at radius 2 is 2.21 bits per heavy atom. The van der Waals surface area contributed by atoms with Gasteiger partial charge in [-0.25, -0.2) is 4.39 Å². The number of nitrogens with zero attached hydrogens (tertiary/aromatic N) is 1. The van der Waals surface area contributed by atoms with Gasteiger partial charge in [0.25, 0.3) is 0 Å². The van der Waals surface area contributed by atoms with E-state index >= 15 is 0 Å². The van der Waals surface area contributed by atoms with Gasteiger partial charge in [0.1, 0.15) is 12.4 Å². The van der Waals surface area contributed by atoms with Crippen molar-refractivity contribution >= 4 is 5.91 Å². The normalized spacial score (nSPS) is 22.8. The van der Waals surface area contributed by atoms with Gasteiger partial charge in [0.2, 0.25) is 5.91 Å². The highest BCUT2D eigenvalue weighted by molar-refractivity contribution is 5.78. The Kier molecular flexibility index (Phi) is 4.53. The van der Waals surface area contributed by atoms with E-state index in [0.717, 1.165) is 6.42 Å². The Hall–Kier alpha value is -1.42. The van der Waals surface area contributed by atoms with Gasteiger partial charge in [-0.05, 0) is 25.3 Å². The van der Waals surface area contributed by atoms with Crippen LogP contribution in [0, 0.1) is 11.7 Å². The molecule has 0 saturated carbocycles. The minimum absolute atomic E-state index is 0.0561. The standard InChI is InChI=1S/C15H20FNO2/c1-3-19-10-15(18)17-9-11(2)8-14(17)12-6-4-5-7-13(12)16/h4-7,11,14H,3,8-10H2,1-2H3/t11-,14+/m0/s1. The summed E-state index contributed by atoms with van der Waals surface area (Å²) in [6.07, 6.45) is 0.804. The van der Waals surface area contributed by atoms with Crippen molar-refractivity contribution in [3.8, 4) is 0 Å². The molecule has 104 valence electrons. The zero-order valence-electron chi connectivity index (χ0n) is 11.4. The maximum atomic E-state index is 13.9. The topological polar surface area (TPSA) is 29.5 Å². The van der Waals surface area contributed by atoms with Gasteiger partial charge >= 0.3 is 0 Å². The number of benzene rings is 1. The maximum Gasteiger partial charge on any atom is 0.249 e. The second-order valence-corrected chi connectivity index (χ2v) is 5.06. The van der Waals surface area contributed by atoms with Gasteiger partial charge in [0.05, 0.1) is 6.04 Å². The van der Waals surface area contributed by atoms with Crippen LogP contribution in [-0.4, -0.2) is 30.6 Å². The van der Waals surface area contributed by atoms with Crippen LogP contribution in [0.3, 0.4) is 0 Å². The monoisotopic (exact) mass is 265 g/mol. The van der Waals surface area contributed by atoms with Crippen LogP contribution in [0.2, 0.25) is 0 Å². The molecule has 2 atom stereocenters. The summed E-state index contributed by atoms with van der Waals surface area (Å²) in [7, 11) is 0. The number of carbonyl (C=O) groups is 1. The van der Waals surface area contributed by atoms with Gasteiger partial charge in [-0.3, -0.25) is 4.79 Å². The fraction of sp³-hybridized carbons (Fsp3) is 0.533. The molecular weight excluding hydrogens is 245 g/mol. The van der Waals surface area contributed by atoms with Crippen LogP contribution in [-0.2, 0) is 9.53 Å². The zero-order valence-corrected chi connectivity index (χ0v) is 11.4. The number of ether oxygens (including phenoxy) is 1. The molecule has 0 N–H and O–H groups in total. The predicted octanol–water partition coefficient (Wildman–Crippen LogP) is 2.77. The number of hydrogen-bond acceptors (Lipinski definition) is 2. The molecule has 0 radical (unpaired) electrons. The highest BCUT2D eigenvalue weighted by Gasteiger charge is 2.35. The van der Waals surface area contributed by atoms with E-state index in [4.69, 9.17) is 4.74 Å². The van der Waals surface area contributed by atoms with E-state index in [1.54, 1.807) is 17.0 Å². The van der Waals surface area contributed by atoms with Gasteiger partial charge in [0.15, 0.2) is 0 Å². The lowest BCUT2D eigenvalue weighted by Gasteiger charge is -2.25. The summed E-state index contributed by atoms with van der Waals surface area (Å²) in [5, 5.41) is 0. The van der Waals surface area contributed by atoms with E-state index in [1.807, 2.05) is 13.0 Å². The van der Waals surface area contributed by atoms with Crippen LogP contribution >= 0.6 is 0 Å². The molecule has 0 unspecified atom stereocenters. The molecule has 0 aromatic heterocycles. The van der Waals surface area contributed by atoms with Crippen LogP contribution in [0.15, 0.2) is 24.3 Å². The van der Waals surface area contributed by atoms with E-state index in [0.29, 0.717) is 24.6 Å². The fourth-order valence-corrected chi connectivity index (χ4v) is 2.63. The lowest BCUT2D eigenvalue weighted by Crippen LogP contribution is -2.34. The van der Waals surface area contributed by atoms with Crippen molar-refractivity contribution in [2.45, 2.75) is 26.3 Å². The second-order valence-electron chi connectivity index (χ2n) is 5.06. The van der Waals surface area contributed by atoms with Crippen molar-refractivity contribution in [3.63, 3.8) is 0 Å². The molecule has 3 nitrogen and oxygen atoms in total. The third kappa shape index (κ3) is 3.13. The van der Waals surface area contributed by atoms with Crippen molar-refractivity contribution in [2.75, 3.05) is 19.8 Å². The second kappa shape index (κ2) is 6.15. The van der Waals surface area contributed by atoms with Crippen LogP contribution < -0.4 is 0 Å². The molecule has 1 aliphatic heterocycles. The third-order valence-electron chi connectivity index (χ3n) is 3.52. The Bertz CT molecular complexity index is 450. The molecule has 2 rings (SSSR count). The first-order chi connectivity index (χ1) is 9.13. The Labute approximate surface area is 113 Å². The van der Waals surface area contributed by atoms with Gasteiger partial charge in [0, 0.05) is 18.7 Å². The van der Waals surface area contributed by atoms with Crippen LogP contribution in [0.4, 0.5) is 4.39 Å². The molecular formula is C15H20FNO2. The number of amides is 1. The Morgan fingerprint density at radius 3 is 2.89 bits per heavy atom. The summed E-state index contributed by atoms with van der Waals surface area (Å²) in [4.78, 5) is 13.9. The smallest absolute Gasteiger partial charge is 0.249 e. The molecule has 0 spiro atoms. The summed E-state index contributed by atoms with van der Waals surface area (Å²) in [6.45, 7) is 5.20. The van der Waals surface area contributed by atoms with Crippen molar-refractivity contribution in [3.05, 3.63) is 35.6 Å². The fourth-order valence-electron chi connectivity index (χ4n) is 2.63. The number of carbonyl (C=O) groups excluding carboxylic acids is 1. The molecule has 19 heavy (non-hydrogen) atoms. The van der Waals surface area contributed by atoms with Gasteiger partial charge < -0.3 is 9.64 Å². The molecule has 1 aliphatic rings. The summed E-state index contributed by atoms with van der Waals surface area (Å²) in [5.74, 6) is 0.0884. The predicted molar refractivity (Wildman–Crippen MR) is 71.1 cm³/mol. The molecule has 1 aromatic carbocycles. The molecule has 0 aliphatic carbocycles. The number of rotatable bonds is 4. The van der Waals surface area contributed by atoms with Gasteiger partial charge in [-0.2, -0.15) is 0 Å². The Balaban J connectivity index is 2.18. The maximum absolute atomic E-state index is 13.9. The number of hydrogen-bond donors (Lipinski definition) is 0. The average molecular weight is 265 g/mol. The van der Waals surface area contributed by atoms with Gasteiger partial charge in [-0.15, -0.1) is 0 Å². The van der Waals surface area contributed by atoms with E-state index in [1.165, 1.54) is 6.07 Å². The summed E-state index contributed by atoms with van der Waals surface area (Å²) in [5.41, 5.74) is 0.608. The molecule has 0 bridgehead atoms. The summed E-state index contributed by atoms with van der Waals surface area (Å²) in [6, 6.07) is 6.53. The van der Waals surface area contributed by atoms with E-state index < -0.39 is 0 Å². The number of likely N-dealkylation sites (tertiary alicyclic amines) is 1. The zero-order chi connectivity index (χ0) is 13.8. The lowest BCUT2D eigenvalue weighted by atomic mass is 10.0. The highest BCUT2D eigenvalue weighted by atomic mass is 19.1. The summed E-state index contributed by atoms with van der Waals surface area (Å²) >= 11 is 0. The molecule has 1 fully saturated rings. The molecule has 1 amide bonds. The highest BCUT2D eigenvalue weighted by Crippen LogP contribution is 2.36. The van der Waals surface area contributed by atoms with Crippen molar-refractivity contribution in [1.29, 1.82) is 0 Å². The molecule has 1 heterocycles. The quantitative estimate of drug-likeness (QED) is 0.837. The first-order valence-corrected chi connectivity index (χ1v) is 6.75. The first kappa shape index (κ1) is 14.0. The van der Waals surface area contributed by atoms with Gasteiger partial charge in [-0.1, -0.05) is 25.1 Å². The van der Waals surface area contributed by atoms with E-state index in [9.17, 15) is 9.18 Å². The summed E-state index contributed by atoms with van der Waals surface area (Å²) < 4.78 is 19.1. The van der Waals surface area contributed by atoms with E-state index in [2.05, 4.69) is 6.92 Å². The molecule has 1 saturated heterocycles. The van der Waals surface area contributed by atoms with Crippen LogP contribution in [0.5, 0.6) is 0 Å². The number of halogens is 1. The first-order valence-electron chi connectivity index (χ1n) is 6.75. The van der Waals surface area contributed by atoms with Crippen molar-refractivity contribution in [2.24, 2.45) is 5.92 Å².